The smallest absolute Gasteiger partial charge is 0.132 e. The van der Waals surface area contributed by atoms with Gasteiger partial charge in [0.25, 0.3) is 0 Å². The van der Waals surface area contributed by atoms with Gasteiger partial charge in [-0.15, -0.1) is 11.6 Å². The molecule has 0 amide bonds. The predicted molar refractivity (Wildman–Crippen MR) is 81.2 cm³/mol. The average Bonchev–Trinajstić information content (AvgIpc) is 2.69. The highest BCUT2D eigenvalue weighted by atomic mass is 35.5. The molecule has 0 aliphatic rings. The molecular weight excluding hydrogens is 279 g/mol. The second kappa shape index (κ2) is 5.98. The molecule has 1 heterocycles. The topological polar surface area (TPSA) is 17.8 Å². The van der Waals surface area contributed by atoms with Gasteiger partial charge in [0, 0.05) is 5.56 Å². The average molecular weight is 297 g/mol. The Labute approximate surface area is 124 Å². The number of rotatable bonds is 4. The normalized spacial score (nSPS) is 11.3. The quantitative estimate of drug-likeness (QED) is 0.744. The van der Waals surface area contributed by atoms with Crippen molar-refractivity contribution < 1.29 is 0 Å². The van der Waals surface area contributed by atoms with Crippen molar-refractivity contribution in [1.29, 1.82) is 0 Å². The Kier molecular flexibility index (Phi) is 4.54. The molecule has 1 aromatic heterocycles. The lowest BCUT2D eigenvalue weighted by Gasteiger charge is -2.07. The molecule has 0 saturated heterocycles. The van der Waals surface area contributed by atoms with Gasteiger partial charge in [-0.1, -0.05) is 49.7 Å². The van der Waals surface area contributed by atoms with Crippen LogP contribution >= 0.6 is 23.2 Å². The minimum absolute atomic E-state index is 0.323. The summed E-state index contributed by atoms with van der Waals surface area (Å²) < 4.78 is 1.84. The lowest BCUT2D eigenvalue weighted by atomic mass is 10.1. The molecule has 102 valence electrons. The first-order chi connectivity index (χ1) is 9.04. The molecule has 0 atom stereocenters. The molecule has 0 aliphatic carbocycles. The maximum absolute atomic E-state index is 6.39. The van der Waals surface area contributed by atoms with Crippen LogP contribution in [0.3, 0.4) is 0 Å². The van der Waals surface area contributed by atoms with E-state index in [-0.39, 0.29) is 0 Å². The number of aryl methyl sites for hydroxylation is 1. The second-order valence-electron chi connectivity index (χ2n) is 5.03. The molecule has 0 unspecified atom stereocenters. The Morgan fingerprint density at radius 2 is 1.95 bits per heavy atom. The predicted octanol–water partition coefficient (Wildman–Crippen LogP) is 4.76. The van der Waals surface area contributed by atoms with Gasteiger partial charge in [0.05, 0.1) is 18.1 Å². The van der Waals surface area contributed by atoms with Crippen LogP contribution in [0.15, 0.2) is 24.3 Å². The molecular formula is C15H18Cl2N2. The Morgan fingerprint density at radius 1 is 1.26 bits per heavy atom. The highest BCUT2D eigenvalue weighted by Crippen LogP contribution is 2.28. The fourth-order valence-electron chi connectivity index (χ4n) is 2.14. The van der Waals surface area contributed by atoms with Crippen LogP contribution < -0.4 is 0 Å². The number of nitrogens with zero attached hydrogens (tertiary/aromatic N) is 2. The van der Waals surface area contributed by atoms with Crippen molar-refractivity contribution >= 4 is 23.2 Å². The van der Waals surface area contributed by atoms with Crippen LogP contribution in [0, 0.1) is 6.92 Å². The number of halogens is 2. The molecule has 19 heavy (non-hydrogen) atoms. The Morgan fingerprint density at radius 3 is 2.47 bits per heavy atom. The van der Waals surface area contributed by atoms with E-state index in [2.05, 4.69) is 38.0 Å². The van der Waals surface area contributed by atoms with E-state index in [9.17, 15) is 0 Å². The molecule has 2 nitrogen and oxygen atoms in total. The van der Waals surface area contributed by atoms with Gasteiger partial charge in [-0.25, -0.2) is 4.68 Å². The Bertz CT molecular complexity index is 574. The summed E-state index contributed by atoms with van der Waals surface area (Å²) in [6.45, 7) is 6.99. The van der Waals surface area contributed by atoms with Crippen LogP contribution in [0.1, 0.15) is 42.1 Å². The molecule has 2 rings (SSSR count). The van der Waals surface area contributed by atoms with Crippen molar-refractivity contribution in [2.24, 2.45) is 0 Å². The lowest BCUT2D eigenvalue weighted by molar-refractivity contribution is 0.656. The number of aromatic nitrogens is 2. The third-order valence-electron chi connectivity index (χ3n) is 3.28. The summed E-state index contributed by atoms with van der Waals surface area (Å²) in [6.07, 6.45) is 0. The highest BCUT2D eigenvalue weighted by molar-refractivity contribution is 6.31. The summed E-state index contributed by atoms with van der Waals surface area (Å²) in [6, 6.07) is 8.26. The summed E-state index contributed by atoms with van der Waals surface area (Å²) >= 11 is 12.4. The van der Waals surface area contributed by atoms with Gasteiger partial charge in [0.2, 0.25) is 0 Å². The van der Waals surface area contributed by atoms with Gasteiger partial charge < -0.3 is 0 Å². The first kappa shape index (κ1) is 14.4. The van der Waals surface area contributed by atoms with Gasteiger partial charge in [-0.05, 0) is 24.0 Å². The van der Waals surface area contributed by atoms with Gasteiger partial charge in [0.15, 0.2) is 0 Å². The zero-order valence-electron chi connectivity index (χ0n) is 11.5. The summed E-state index contributed by atoms with van der Waals surface area (Å²) in [5.74, 6) is 0.726. The molecule has 0 N–H and O–H groups in total. The van der Waals surface area contributed by atoms with Crippen molar-refractivity contribution in [1.82, 2.24) is 9.78 Å². The monoisotopic (exact) mass is 296 g/mol. The van der Waals surface area contributed by atoms with Crippen molar-refractivity contribution in [3.8, 4) is 0 Å². The maximum Gasteiger partial charge on any atom is 0.132 e. The first-order valence-corrected chi connectivity index (χ1v) is 7.31. The number of hydrogen-bond acceptors (Lipinski definition) is 1. The molecule has 4 heteroatoms. The van der Waals surface area contributed by atoms with Gasteiger partial charge in [-0.3, -0.25) is 0 Å². The van der Waals surface area contributed by atoms with E-state index in [0.29, 0.717) is 23.5 Å². The van der Waals surface area contributed by atoms with Crippen molar-refractivity contribution in [3.63, 3.8) is 0 Å². The zero-order chi connectivity index (χ0) is 14.0. The second-order valence-corrected chi connectivity index (χ2v) is 5.65. The van der Waals surface area contributed by atoms with Gasteiger partial charge in [0.1, 0.15) is 5.15 Å². The highest BCUT2D eigenvalue weighted by Gasteiger charge is 2.18. The van der Waals surface area contributed by atoms with E-state index in [1.807, 2.05) is 16.8 Å². The van der Waals surface area contributed by atoms with Crippen molar-refractivity contribution in [2.75, 3.05) is 0 Å². The summed E-state index contributed by atoms with van der Waals surface area (Å²) in [4.78, 5) is 0. The third-order valence-corrected chi connectivity index (χ3v) is 3.97. The van der Waals surface area contributed by atoms with Crippen LogP contribution in [-0.2, 0) is 12.4 Å². The van der Waals surface area contributed by atoms with Crippen molar-refractivity contribution in [2.45, 2.75) is 39.1 Å². The molecule has 0 bridgehead atoms. The third kappa shape index (κ3) is 2.96. The standard InChI is InChI=1S/C15H18Cl2N2/c1-10(2)14-13(8-16)15(17)19(18-14)9-12-7-5-4-6-11(12)3/h4-7,10H,8-9H2,1-3H3. The summed E-state index contributed by atoms with van der Waals surface area (Å²) in [7, 11) is 0. The Balaban J connectivity index is 2.39. The summed E-state index contributed by atoms with van der Waals surface area (Å²) in [5.41, 5.74) is 4.41. The molecule has 1 aromatic carbocycles. The summed E-state index contributed by atoms with van der Waals surface area (Å²) in [5, 5.41) is 5.27. The van der Waals surface area contributed by atoms with E-state index in [4.69, 9.17) is 23.2 Å². The zero-order valence-corrected chi connectivity index (χ0v) is 13.0. The van der Waals surface area contributed by atoms with Crippen LogP contribution in [0.25, 0.3) is 0 Å². The molecule has 0 aliphatic heterocycles. The maximum atomic E-state index is 6.39. The minimum atomic E-state index is 0.323. The fourth-order valence-corrected chi connectivity index (χ4v) is 2.73. The van der Waals surface area contributed by atoms with Crippen LogP contribution in [-0.4, -0.2) is 9.78 Å². The van der Waals surface area contributed by atoms with Crippen LogP contribution in [0.4, 0.5) is 0 Å². The first-order valence-electron chi connectivity index (χ1n) is 6.40. The molecule has 0 fully saturated rings. The van der Waals surface area contributed by atoms with Gasteiger partial charge in [-0.2, -0.15) is 5.10 Å². The fraction of sp³-hybridized carbons (Fsp3) is 0.400. The Hall–Kier alpha value is -0.990. The van der Waals surface area contributed by atoms with E-state index in [1.165, 1.54) is 11.1 Å². The molecule has 0 saturated carbocycles. The van der Waals surface area contributed by atoms with Crippen LogP contribution in [0.5, 0.6) is 0 Å². The van der Waals surface area contributed by atoms with E-state index in [0.717, 1.165) is 11.3 Å². The number of benzene rings is 1. The largest absolute Gasteiger partial charge is 0.249 e. The number of hydrogen-bond donors (Lipinski definition) is 0. The molecule has 2 aromatic rings. The van der Waals surface area contributed by atoms with E-state index < -0.39 is 0 Å². The van der Waals surface area contributed by atoms with E-state index in [1.54, 1.807) is 0 Å². The number of alkyl halides is 1. The minimum Gasteiger partial charge on any atom is -0.249 e. The van der Waals surface area contributed by atoms with Gasteiger partial charge >= 0.3 is 0 Å². The SMILES string of the molecule is Cc1ccccc1Cn1nc(C(C)C)c(CCl)c1Cl. The van der Waals surface area contributed by atoms with E-state index >= 15 is 0 Å². The van der Waals surface area contributed by atoms with Crippen LogP contribution in [0.2, 0.25) is 5.15 Å². The molecule has 0 radical (unpaired) electrons. The van der Waals surface area contributed by atoms with Crippen molar-refractivity contribution in [3.05, 3.63) is 51.8 Å². The lowest BCUT2D eigenvalue weighted by Crippen LogP contribution is -2.04. The molecule has 0 spiro atoms.